The number of rotatable bonds is 6. The van der Waals surface area contributed by atoms with E-state index in [-0.39, 0.29) is 0 Å². The van der Waals surface area contributed by atoms with Gasteiger partial charge in [-0.2, -0.15) is 0 Å². The summed E-state index contributed by atoms with van der Waals surface area (Å²) in [6, 6.07) is 27.4. The molecule has 0 aliphatic heterocycles. The first-order valence-corrected chi connectivity index (χ1v) is 8.45. The molecule has 0 fully saturated rings. The van der Waals surface area contributed by atoms with E-state index in [2.05, 4.69) is 0 Å². The van der Waals surface area contributed by atoms with Crippen LogP contribution in [0.4, 0.5) is 11.4 Å². The number of hydrogen-bond donors (Lipinski definition) is 2. The number of anilines is 2. The van der Waals surface area contributed by atoms with E-state index in [1.54, 1.807) is 29.2 Å². The number of aliphatic carboxylic acids is 1. The SMILES string of the molecule is CC(O)[C@](C(=O)O)(c1ccccc1)N(c1ccccc1)c1ccccc1. The molecule has 0 saturated carbocycles. The molecule has 0 saturated heterocycles. The largest absolute Gasteiger partial charge is 0.479 e. The van der Waals surface area contributed by atoms with Crippen LogP contribution in [0.15, 0.2) is 91.0 Å². The smallest absolute Gasteiger partial charge is 0.337 e. The molecule has 132 valence electrons. The zero-order chi connectivity index (χ0) is 18.6. The second-order valence-electron chi connectivity index (χ2n) is 6.12. The van der Waals surface area contributed by atoms with E-state index in [1.165, 1.54) is 6.92 Å². The summed E-state index contributed by atoms with van der Waals surface area (Å²) in [5.74, 6) is -1.12. The Balaban J connectivity index is 2.35. The molecule has 3 aromatic carbocycles. The fourth-order valence-corrected chi connectivity index (χ4v) is 3.36. The van der Waals surface area contributed by atoms with Crippen molar-refractivity contribution in [1.29, 1.82) is 0 Å². The summed E-state index contributed by atoms with van der Waals surface area (Å²) in [5.41, 5.74) is 0.205. The van der Waals surface area contributed by atoms with Crippen molar-refractivity contribution in [3.8, 4) is 0 Å². The second-order valence-corrected chi connectivity index (χ2v) is 6.12. The summed E-state index contributed by atoms with van der Waals surface area (Å²) < 4.78 is 0. The molecular formula is C22H21NO3. The fourth-order valence-electron chi connectivity index (χ4n) is 3.36. The van der Waals surface area contributed by atoms with Gasteiger partial charge in [-0.25, -0.2) is 4.79 Å². The third-order valence-electron chi connectivity index (χ3n) is 4.53. The predicted octanol–water partition coefficient (Wildman–Crippen LogP) is 4.19. The first-order valence-electron chi connectivity index (χ1n) is 8.45. The van der Waals surface area contributed by atoms with Crippen LogP contribution in [-0.2, 0) is 10.3 Å². The topological polar surface area (TPSA) is 60.8 Å². The monoisotopic (exact) mass is 347 g/mol. The van der Waals surface area contributed by atoms with Crippen LogP contribution >= 0.6 is 0 Å². The first-order chi connectivity index (χ1) is 12.6. The molecule has 4 heteroatoms. The first kappa shape index (κ1) is 17.7. The standard InChI is InChI=1S/C22H21NO3/c1-17(24)22(21(25)26,18-11-5-2-6-12-18)23(19-13-7-3-8-14-19)20-15-9-4-10-16-20/h2-17,24H,1H3,(H,25,26)/t17?,22-/m1/s1. The molecule has 4 nitrogen and oxygen atoms in total. The lowest BCUT2D eigenvalue weighted by atomic mass is 9.82. The molecule has 0 bridgehead atoms. The Bertz CT molecular complexity index is 811. The molecule has 0 spiro atoms. The number of aliphatic hydroxyl groups excluding tert-OH is 1. The molecule has 0 heterocycles. The van der Waals surface area contributed by atoms with Crippen molar-refractivity contribution >= 4 is 17.3 Å². The predicted molar refractivity (Wildman–Crippen MR) is 102 cm³/mol. The van der Waals surface area contributed by atoms with E-state index in [4.69, 9.17) is 0 Å². The maximum Gasteiger partial charge on any atom is 0.337 e. The summed E-state index contributed by atoms with van der Waals surface area (Å²) in [6.07, 6.45) is -1.18. The van der Waals surface area contributed by atoms with Gasteiger partial charge in [0.05, 0.1) is 6.10 Å². The van der Waals surface area contributed by atoms with Gasteiger partial charge in [-0.05, 0) is 36.8 Å². The van der Waals surface area contributed by atoms with E-state index in [1.807, 2.05) is 66.7 Å². The van der Waals surface area contributed by atoms with E-state index in [0.29, 0.717) is 16.9 Å². The number of nitrogens with zero attached hydrogens (tertiary/aromatic N) is 1. The van der Waals surface area contributed by atoms with Crippen LogP contribution in [-0.4, -0.2) is 22.3 Å². The van der Waals surface area contributed by atoms with Gasteiger partial charge < -0.3 is 15.1 Å². The molecule has 3 rings (SSSR count). The van der Waals surface area contributed by atoms with Gasteiger partial charge in [-0.15, -0.1) is 0 Å². The average molecular weight is 347 g/mol. The van der Waals surface area contributed by atoms with Crippen molar-refractivity contribution in [3.63, 3.8) is 0 Å². The number of carboxylic acids is 1. The van der Waals surface area contributed by atoms with Crippen LogP contribution in [0.3, 0.4) is 0 Å². The molecule has 0 amide bonds. The molecule has 1 unspecified atom stereocenters. The molecular weight excluding hydrogens is 326 g/mol. The Labute approximate surface area is 153 Å². The molecule has 2 atom stereocenters. The normalized spacial score (nSPS) is 14.2. The van der Waals surface area contributed by atoms with Crippen LogP contribution in [0.5, 0.6) is 0 Å². The highest BCUT2D eigenvalue weighted by molar-refractivity contribution is 5.90. The lowest BCUT2D eigenvalue weighted by Gasteiger charge is -2.44. The van der Waals surface area contributed by atoms with Gasteiger partial charge in [-0.3, -0.25) is 0 Å². The van der Waals surface area contributed by atoms with Crippen LogP contribution < -0.4 is 4.90 Å². The van der Waals surface area contributed by atoms with Crippen molar-refractivity contribution in [2.24, 2.45) is 0 Å². The Kier molecular flexibility index (Phi) is 5.05. The van der Waals surface area contributed by atoms with E-state index >= 15 is 0 Å². The number of carbonyl (C=O) groups is 1. The quantitative estimate of drug-likeness (QED) is 0.702. The van der Waals surface area contributed by atoms with Crippen molar-refractivity contribution in [1.82, 2.24) is 0 Å². The number of aliphatic hydroxyl groups is 1. The van der Waals surface area contributed by atoms with Crippen molar-refractivity contribution in [2.75, 3.05) is 4.90 Å². The zero-order valence-electron chi connectivity index (χ0n) is 14.5. The van der Waals surface area contributed by atoms with E-state index in [0.717, 1.165) is 0 Å². The second kappa shape index (κ2) is 7.42. The zero-order valence-corrected chi connectivity index (χ0v) is 14.5. The van der Waals surface area contributed by atoms with Crippen molar-refractivity contribution < 1.29 is 15.0 Å². The van der Waals surface area contributed by atoms with Crippen LogP contribution in [0.25, 0.3) is 0 Å². The van der Waals surface area contributed by atoms with Gasteiger partial charge in [-0.1, -0.05) is 66.7 Å². The Morgan fingerprint density at radius 3 is 1.54 bits per heavy atom. The minimum absolute atomic E-state index is 0.509. The molecule has 0 radical (unpaired) electrons. The molecule has 3 aromatic rings. The number of carboxylic acid groups (broad SMARTS) is 1. The third kappa shape index (κ3) is 2.95. The van der Waals surface area contributed by atoms with Crippen LogP contribution in [0.1, 0.15) is 12.5 Å². The Hall–Kier alpha value is -3.11. The Morgan fingerprint density at radius 1 is 0.808 bits per heavy atom. The molecule has 26 heavy (non-hydrogen) atoms. The molecule has 0 aliphatic carbocycles. The summed E-state index contributed by atoms with van der Waals surface area (Å²) in [5, 5.41) is 21.1. The highest BCUT2D eigenvalue weighted by Crippen LogP contribution is 2.42. The summed E-state index contributed by atoms with van der Waals surface area (Å²) in [6.45, 7) is 1.51. The number of hydrogen-bond acceptors (Lipinski definition) is 3. The van der Waals surface area contributed by atoms with Gasteiger partial charge in [0.25, 0.3) is 0 Å². The highest BCUT2D eigenvalue weighted by atomic mass is 16.4. The van der Waals surface area contributed by atoms with Crippen molar-refractivity contribution in [3.05, 3.63) is 96.6 Å². The molecule has 0 aromatic heterocycles. The maximum atomic E-state index is 12.6. The number of para-hydroxylation sites is 2. The maximum absolute atomic E-state index is 12.6. The number of benzene rings is 3. The minimum atomic E-state index is -1.68. The van der Waals surface area contributed by atoms with Gasteiger partial charge in [0.2, 0.25) is 0 Å². The van der Waals surface area contributed by atoms with Gasteiger partial charge in [0, 0.05) is 11.4 Å². The lowest BCUT2D eigenvalue weighted by molar-refractivity contribution is -0.148. The summed E-state index contributed by atoms with van der Waals surface area (Å²) in [7, 11) is 0. The van der Waals surface area contributed by atoms with Gasteiger partial charge in [0.15, 0.2) is 5.54 Å². The molecule has 0 aliphatic rings. The lowest BCUT2D eigenvalue weighted by Crippen LogP contribution is -2.57. The third-order valence-corrected chi connectivity index (χ3v) is 4.53. The fraction of sp³-hybridized carbons (Fsp3) is 0.136. The highest BCUT2D eigenvalue weighted by Gasteiger charge is 2.51. The van der Waals surface area contributed by atoms with Crippen LogP contribution in [0.2, 0.25) is 0 Å². The average Bonchev–Trinajstić information content (AvgIpc) is 2.67. The van der Waals surface area contributed by atoms with Crippen LogP contribution in [0, 0.1) is 0 Å². The minimum Gasteiger partial charge on any atom is -0.479 e. The van der Waals surface area contributed by atoms with Crippen molar-refractivity contribution in [2.45, 2.75) is 18.6 Å². The Morgan fingerprint density at radius 2 is 1.19 bits per heavy atom. The van der Waals surface area contributed by atoms with E-state index < -0.39 is 17.6 Å². The van der Waals surface area contributed by atoms with Gasteiger partial charge in [0.1, 0.15) is 0 Å². The molecule has 2 N–H and O–H groups in total. The summed E-state index contributed by atoms with van der Waals surface area (Å²) >= 11 is 0. The van der Waals surface area contributed by atoms with Gasteiger partial charge >= 0.3 is 5.97 Å². The summed E-state index contributed by atoms with van der Waals surface area (Å²) in [4.78, 5) is 14.3. The van der Waals surface area contributed by atoms with E-state index in [9.17, 15) is 15.0 Å².